The number of benzene rings is 2. The van der Waals surface area contributed by atoms with Crippen LogP contribution in [0.1, 0.15) is 38.2 Å². The minimum Gasteiger partial charge on any atom is -0.497 e. The van der Waals surface area contributed by atoms with Crippen LogP contribution in [0.2, 0.25) is 0 Å². The number of hydrogen-bond donors (Lipinski definition) is 0. The number of nitrogens with zero attached hydrogens (tertiary/aromatic N) is 6. The van der Waals surface area contributed by atoms with E-state index in [1.807, 2.05) is 16.8 Å². The molecule has 2 aromatic carbocycles. The van der Waals surface area contributed by atoms with Crippen LogP contribution in [0.25, 0.3) is 0 Å². The van der Waals surface area contributed by atoms with E-state index in [0.29, 0.717) is 0 Å². The standard InChI is InChI=1S/C23H30N6O/c1-23(2,3)29-22(24-25-26-29)21(18-10-12-20(30-4)13-11-18)28-16-14-27(15-17-28)19-8-6-5-7-9-19/h5-13,21H,14-17H2,1-4H3/t21-/m0/s1. The molecule has 0 radical (unpaired) electrons. The summed E-state index contributed by atoms with van der Waals surface area (Å²) in [7, 11) is 1.69. The van der Waals surface area contributed by atoms with Crippen molar-refractivity contribution in [3.63, 3.8) is 0 Å². The van der Waals surface area contributed by atoms with Crippen LogP contribution in [0.3, 0.4) is 0 Å². The SMILES string of the molecule is COc1ccc([C@@H](c2nnnn2C(C)(C)C)N2CCN(c3ccccc3)CC2)cc1. The Labute approximate surface area is 178 Å². The van der Waals surface area contributed by atoms with Gasteiger partial charge in [0.1, 0.15) is 5.75 Å². The van der Waals surface area contributed by atoms with Crippen molar-refractivity contribution in [2.45, 2.75) is 32.4 Å². The quantitative estimate of drug-likeness (QED) is 0.648. The summed E-state index contributed by atoms with van der Waals surface area (Å²) in [5, 5.41) is 12.8. The van der Waals surface area contributed by atoms with Gasteiger partial charge in [0.05, 0.1) is 18.7 Å². The van der Waals surface area contributed by atoms with Crippen molar-refractivity contribution in [2.75, 3.05) is 38.2 Å². The Morgan fingerprint density at radius 1 is 0.900 bits per heavy atom. The van der Waals surface area contributed by atoms with E-state index in [4.69, 9.17) is 4.74 Å². The molecule has 4 rings (SSSR count). The highest BCUT2D eigenvalue weighted by Crippen LogP contribution is 2.32. The summed E-state index contributed by atoms with van der Waals surface area (Å²) in [5.41, 5.74) is 2.25. The van der Waals surface area contributed by atoms with Crippen molar-refractivity contribution >= 4 is 5.69 Å². The van der Waals surface area contributed by atoms with Gasteiger partial charge in [-0.25, -0.2) is 4.68 Å². The molecule has 1 aromatic heterocycles. The zero-order chi connectivity index (χ0) is 21.1. The third-order valence-electron chi connectivity index (χ3n) is 5.61. The van der Waals surface area contributed by atoms with Gasteiger partial charge >= 0.3 is 0 Å². The summed E-state index contributed by atoms with van der Waals surface area (Å²) in [4.78, 5) is 4.92. The fourth-order valence-corrected chi connectivity index (χ4v) is 4.03. The number of methoxy groups -OCH3 is 1. The van der Waals surface area contributed by atoms with E-state index in [0.717, 1.165) is 37.8 Å². The first-order valence-electron chi connectivity index (χ1n) is 10.4. The highest BCUT2D eigenvalue weighted by molar-refractivity contribution is 5.46. The summed E-state index contributed by atoms with van der Waals surface area (Å²) < 4.78 is 7.31. The maximum Gasteiger partial charge on any atom is 0.173 e. The second-order valence-electron chi connectivity index (χ2n) is 8.65. The lowest BCUT2D eigenvalue weighted by Crippen LogP contribution is -2.48. The zero-order valence-corrected chi connectivity index (χ0v) is 18.2. The molecule has 0 aliphatic carbocycles. The normalized spacial score (nSPS) is 16.5. The molecule has 0 spiro atoms. The predicted molar refractivity (Wildman–Crippen MR) is 118 cm³/mol. The molecule has 7 heteroatoms. The number of hydrogen-bond acceptors (Lipinski definition) is 6. The van der Waals surface area contributed by atoms with Crippen LogP contribution in [-0.4, -0.2) is 58.4 Å². The van der Waals surface area contributed by atoms with Gasteiger partial charge in [-0.1, -0.05) is 30.3 Å². The molecule has 1 aliphatic rings. The second kappa shape index (κ2) is 8.44. The lowest BCUT2D eigenvalue weighted by molar-refractivity contribution is 0.191. The molecule has 1 aliphatic heterocycles. The van der Waals surface area contributed by atoms with Crippen LogP contribution in [0.15, 0.2) is 54.6 Å². The molecule has 0 bridgehead atoms. The topological polar surface area (TPSA) is 59.3 Å². The Morgan fingerprint density at radius 2 is 1.57 bits per heavy atom. The molecule has 0 unspecified atom stereocenters. The van der Waals surface area contributed by atoms with E-state index >= 15 is 0 Å². The molecule has 0 amide bonds. The fourth-order valence-electron chi connectivity index (χ4n) is 4.03. The largest absolute Gasteiger partial charge is 0.497 e. The number of tetrazole rings is 1. The van der Waals surface area contributed by atoms with E-state index in [2.05, 4.69) is 88.6 Å². The lowest BCUT2D eigenvalue weighted by atomic mass is 10.0. The van der Waals surface area contributed by atoms with Crippen molar-refractivity contribution in [3.05, 3.63) is 66.0 Å². The minimum atomic E-state index is -0.199. The van der Waals surface area contributed by atoms with Gasteiger partial charge < -0.3 is 9.64 Å². The van der Waals surface area contributed by atoms with Crippen molar-refractivity contribution in [3.8, 4) is 5.75 Å². The van der Waals surface area contributed by atoms with Crippen molar-refractivity contribution in [1.29, 1.82) is 0 Å². The van der Waals surface area contributed by atoms with Crippen molar-refractivity contribution in [2.24, 2.45) is 0 Å². The molecule has 158 valence electrons. The summed E-state index contributed by atoms with van der Waals surface area (Å²) >= 11 is 0. The van der Waals surface area contributed by atoms with Crippen LogP contribution >= 0.6 is 0 Å². The fraction of sp³-hybridized carbons (Fsp3) is 0.435. The molecular formula is C23H30N6O. The van der Waals surface area contributed by atoms with Gasteiger partial charge in [-0.05, 0) is 61.0 Å². The number of anilines is 1. The highest BCUT2D eigenvalue weighted by atomic mass is 16.5. The average Bonchev–Trinajstić information content (AvgIpc) is 3.26. The Morgan fingerprint density at radius 3 is 2.17 bits per heavy atom. The lowest BCUT2D eigenvalue weighted by Gasteiger charge is -2.40. The minimum absolute atomic E-state index is 0.0111. The van der Waals surface area contributed by atoms with Crippen LogP contribution in [0.5, 0.6) is 5.75 Å². The molecule has 0 saturated carbocycles. The number of para-hydroxylation sites is 1. The first-order valence-corrected chi connectivity index (χ1v) is 10.4. The number of piperazine rings is 1. The number of rotatable bonds is 5. The maximum absolute atomic E-state index is 5.36. The monoisotopic (exact) mass is 406 g/mol. The summed E-state index contributed by atoms with van der Waals surface area (Å²) in [6, 6.07) is 18.9. The van der Waals surface area contributed by atoms with Crippen molar-refractivity contribution in [1.82, 2.24) is 25.1 Å². The summed E-state index contributed by atoms with van der Waals surface area (Å²) in [5.74, 6) is 1.72. The molecule has 1 fully saturated rings. The third kappa shape index (κ3) is 4.16. The predicted octanol–water partition coefficient (Wildman–Crippen LogP) is 3.35. The number of ether oxygens (including phenoxy) is 1. The molecule has 3 aromatic rings. The maximum atomic E-state index is 5.36. The van der Waals surface area contributed by atoms with E-state index in [1.54, 1.807) is 7.11 Å². The molecule has 30 heavy (non-hydrogen) atoms. The van der Waals surface area contributed by atoms with Gasteiger partial charge in [0, 0.05) is 31.9 Å². The van der Waals surface area contributed by atoms with Crippen LogP contribution in [-0.2, 0) is 5.54 Å². The molecule has 2 heterocycles. The van der Waals surface area contributed by atoms with E-state index < -0.39 is 0 Å². The zero-order valence-electron chi connectivity index (χ0n) is 18.2. The smallest absolute Gasteiger partial charge is 0.173 e. The third-order valence-corrected chi connectivity index (χ3v) is 5.61. The van der Waals surface area contributed by atoms with E-state index in [9.17, 15) is 0 Å². The molecule has 7 nitrogen and oxygen atoms in total. The first kappa shape index (κ1) is 20.3. The summed E-state index contributed by atoms with van der Waals surface area (Å²) in [6.45, 7) is 10.2. The Hall–Kier alpha value is -2.93. The van der Waals surface area contributed by atoms with Crippen LogP contribution < -0.4 is 9.64 Å². The van der Waals surface area contributed by atoms with Gasteiger partial charge in [0.25, 0.3) is 0 Å². The Bertz CT molecular complexity index is 940. The van der Waals surface area contributed by atoms with Gasteiger partial charge in [-0.3, -0.25) is 4.90 Å². The van der Waals surface area contributed by atoms with E-state index in [1.165, 1.54) is 11.3 Å². The first-order chi connectivity index (χ1) is 14.5. The molecular weight excluding hydrogens is 376 g/mol. The Balaban J connectivity index is 1.64. The Kier molecular flexibility index (Phi) is 5.72. The van der Waals surface area contributed by atoms with E-state index in [-0.39, 0.29) is 11.6 Å². The van der Waals surface area contributed by atoms with Gasteiger partial charge in [-0.15, -0.1) is 5.10 Å². The number of aromatic nitrogens is 4. The second-order valence-corrected chi connectivity index (χ2v) is 8.65. The molecule has 1 saturated heterocycles. The average molecular weight is 407 g/mol. The highest BCUT2D eigenvalue weighted by Gasteiger charge is 2.33. The van der Waals surface area contributed by atoms with Gasteiger partial charge in [0.2, 0.25) is 0 Å². The van der Waals surface area contributed by atoms with Gasteiger partial charge in [-0.2, -0.15) is 0 Å². The molecule has 1 atom stereocenters. The van der Waals surface area contributed by atoms with Crippen molar-refractivity contribution < 1.29 is 4.74 Å². The van der Waals surface area contributed by atoms with Crippen LogP contribution in [0, 0.1) is 0 Å². The summed E-state index contributed by atoms with van der Waals surface area (Å²) in [6.07, 6.45) is 0. The van der Waals surface area contributed by atoms with Crippen LogP contribution in [0.4, 0.5) is 5.69 Å². The molecule has 0 N–H and O–H groups in total. The van der Waals surface area contributed by atoms with Gasteiger partial charge in [0.15, 0.2) is 5.82 Å².